The van der Waals surface area contributed by atoms with E-state index in [0.29, 0.717) is 22.8 Å². The van der Waals surface area contributed by atoms with Crippen LogP contribution in [-0.2, 0) is 27.8 Å². The number of hydrogen-bond acceptors (Lipinski definition) is 4. The summed E-state index contributed by atoms with van der Waals surface area (Å²) in [5.74, 6) is 0.347. The van der Waals surface area contributed by atoms with Crippen molar-refractivity contribution in [3.8, 4) is 5.75 Å². The Labute approximate surface area is 157 Å². The highest BCUT2D eigenvalue weighted by Gasteiger charge is 2.29. The normalized spacial score (nSPS) is 16.2. The number of fused-ring (bicyclic) bond motifs is 1. The molecule has 1 atom stereocenters. The van der Waals surface area contributed by atoms with E-state index >= 15 is 0 Å². The van der Waals surface area contributed by atoms with Crippen LogP contribution >= 0.6 is 11.6 Å². The molecule has 6 nitrogen and oxygen atoms in total. The molecule has 1 aliphatic heterocycles. The smallest absolute Gasteiger partial charge is 0.261 e. The van der Waals surface area contributed by atoms with Gasteiger partial charge in [0.15, 0.2) is 6.10 Å². The predicted molar refractivity (Wildman–Crippen MR) is 98.7 cm³/mol. The van der Waals surface area contributed by atoms with E-state index in [1.807, 2.05) is 0 Å². The molecule has 0 unspecified atom stereocenters. The van der Waals surface area contributed by atoms with Gasteiger partial charge < -0.3 is 10.1 Å². The van der Waals surface area contributed by atoms with Crippen LogP contribution in [0.15, 0.2) is 47.4 Å². The van der Waals surface area contributed by atoms with Crippen molar-refractivity contribution in [2.45, 2.75) is 24.0 Å². The van der Waals surface area contributed by atoms with Crippen molar-refractivity contribution < 1.29 is 17.9 Å². The molecule has 0 aliphatic carbocycles. The zero-order valence-corrected chi connectivity index (χ0v) is 16.0. The molecule has 2 aromatic rings. The van der Waals surface area contributed by atoms with Crippen LogP contribution < -0.4 is 10.1 Å². The molecule has 0 bridgehead atoms. The first-order valence-electron chi connectivity index (χ1n) is 8.02. The third kappa shape index (κ3) is 3.70. The number of ether oxygens (including phenoxy) is 1. The minimum absolute atomic E-state index is 0.0963. The summed E-state index contributed by atoms with van der Waals surface area (Å²) in [4.78, 5) is 12.6. The summed E-state index contributed by atoms with van der Waals surface area (Å²) in [5.41, 5.74) is 1.40. The van der Waals surface area contributed by atoms with Crippen molar-refractivity contribution in [3.63, 3.8) is 0 Å². The first kappa shape index (κ1) is 18.7. The zero-order chi connectivity index (χ0) is 18.9. The Morgan fingerprint density at radius 3 is 2.73 bits per heavy atom. The number of benzene rings is 2. The molecule has 1 N–H and O–H groups in total. The molecule has 0 saturated heterocycles. The van der Waals surface area contributed by atoms with Gasteiger partial charge in [0.1, 0.15) is 5.75 Å². The maximum atomic E-state index is 12.4. The number of nitrogens with one attached hydrogen (secondary N) is 1. The van der Waals surface area contributed by atoms with E-state index in [0.717, 1.165) is 9.87 Å². The molecule has 0 aromatic heterocycles. The summed E-state index contributed by atoms with van der Waals surface area (Å²) in [6.45, 7) is 0.0963. The second kappa shape index (κ2) is 7.26. The molecule has 1 aliphatic rings. The topological polar surface area (TPSA) is 75.7 Å². The molecule has 1 amide bonds. The van der Waals surface area contributed by atoms with Gasteiger partial charge >= 0.3 is 0 Å². The van der Waals surface area contributed by atoms with Crippen LogP contribution in [0.1, 0.15) is 11.1 Å². The molecular formula is C18H19ClN2O4S. The Kier molecular flexibility index (Phi) is 5.22. The summed E-state index contributed by atoms with van der Waals surface area (Å²) >= 11 is 5.96. The van der Waals surface area contributed by atoms with Crippen molar-refractivity contribution in [3.05, 3.63) is 58.6 Å². The number of rotatable bonds is 5. The van der Waals surface area contributed by atoms with E-state index in [1.165, 1.54) is 20.2 Å². The highest BCUT2D eigenvalue weighted by molar-refractivity contribution is 7.89. The molecule has 0 saturated carbocycles. The van der Waals surface area contributed by atoms with Gasteiger partial charge in [0.2, 0.25) is 10.0 Å². The van der Waals surface area contributed by atoms with E-state index < -0.39 is 16.1 Å². The van der Waals surface area contributed by atoms with Gasteiger partial charge in [-0.25, -0.2) is 12.7 Å². The summed E-state index contributed by atoms with van der Waals surface area (Å²) in [5, 5.41) is 3.36. The molecule has 0 radical (unpaired) electrons. The fraction of sp³-hybridized carbons (Fsp3) is 0.278. The van der Waals surface area contributed by atoms with Gasteiger partial charge in [-0.1, -0.05) is 29.8 Å². The van der Waals surface area contributed by atoms with Crippen molar-refractivity contribution in [2.75, 3.05) is 14.1 Å². The number of nitrogens with zero attached hydrogens (tertiary/aromatic N) is 1. The van der Waals surface area contributed by atoms with Gasteiger partial charge in [0, 0.05) is 32.1 Å². The third-order valence-corrected chi connectivity index (χ3v) is 6.32. The molecule has 8 heteroatoms. The quantitative estimate of drug-likeness (QED) is 0.843. The van der Waals surface area contributed by atoms with Crippen molar-refractivity contribution >= 4 is 27.5 Å². The zero-order valence-electron chi connectivity index (χ0n) is 14.4. The Morgan fingerprint density at radius 1 is 1.27 bits per heavy atom. The van der Waals surface area contributed by atoms with Crippen LogP contribution in [-0.4, -0.2) is 38.8 Å². The first-order valence-corrected chi connectivity index (χ1v) is 9.84. The number of amides is 1. The van der Waals surface area contributed by atoms with E-state index in [-0.39, 0.29) is 17.3 Å². The maximum absolute atomic E-state index is 12.4. The van der Waals surface area contributed by atoms with Crippen LogP contribution in [0.2, 0.25) is 5.02 Å². The minimum atomic E-state index is -3.59. The number of carbonyl (C=O) groups is 1. The number of carbonyl (C=O) groups excluding carboxylic acids is 1. The average molecular weight is 395 g/mol. The average Bonchev–Trinajstić information content (AvgIpc) is 3.03. The molecule has 0 spiro atoms. The van der Waals surface area contributed by atoms with Crippen molar-refractivity contribution in [1.82, 2.24) is 9.62 Å². The highest BCUT2D eigenvalue weighted by atomic mass is 35.5. The molecule has 1 heterocycles. The summed E-state index contributed by atoms with van der Waals surface area (Å²) in [6.07, 6.45) is -0.222. The maximum Gasteiger partial charge on any atom is 0.261 e. The van der Waals surface area contributed by atoms with Gasteiger partial charge in [-0.2, -0.15) is 0 Å². The summed E-state index contributed by atoms with van der Waals surface area (Å²) < 4.78 is 31.6. The van der Waals surface area contributed by atoms with E-state index in [9.17, 15) is 13.2 Å². The lowest BCUT2D eigenvalue weighted by molar-refractivity contribution is -0.127. The van der Waals surface area contributed by atoms with Crippen molar-refractivity contribution in [2.24, 2.45) is 0 Å². The first-order chi connectivity index (χ1) is 12.3. The second-order valence-electron chi connectivity index (χ2n) is 6.18. The van der Waals surface area contributed by atoms with Gasteiger partial charge in [0.05, 0.1) is 4.90 Å². The molecule has 138 valence electrons. The van der Waals surface area contributed by atoms with Crippen LogP contribution in [0.5, 0.6) is 5.75 Å². The van der Waals surface area contributed by atoms with Gasteiger partial charge in [0.25, 0.3) is 5.91 Å². The largest absolute Gasteiger partial charge is 0.480 e. The van der Waals surface area contributed by atoms with Crippen LogP contribution in [0.3, 0.4) is 0 Å². The van der Waals surface area contributed by atoms with E-state index in [2.05, 4.69) is 5.32 Å². The monoisotopic (exact) mass is 394 g/mol. The molecule has 0 fully saturated rings. The fourth-order valence-electron chi connectivity index (χ4n) is 2.76. The highest BCUT2D eigenvalue weighted by Crippen LogP contribution is 2.31. The SMILES string of the molecule is CN(C)S(=O)(=O)c1ccccc1CNC(=O)[C@@H]1Cc2cc(Cl)ccc2O1. The lowest BCUT2D eigenvalue weighted by Gasteiger charge is -2.16. The van der Waals surface area contributed by atoms with Crippen molar-refractivity contribution in [1.29, 1.82) is 0 Å². The lowest BCUT2D eigenvalue weighted by atomic mass is 10.1. The second-order valence-corrected chi connectivity index (χ2v) is 8.73. The summed E-state index contributed by atoms with van der Waals surface area (Å²) in [6, 6.07) is 11.8. The van der Waals surface area contributed by atoms with E-state index in [1.54, 1.807) is 36.4 Å². The Hall–Kier alpha value is -2.09. The molecule has 3 rings (SSSR count). The number of hydrogen-bond donors (Lipinski definition) is 1. The molecular weight excluding hydrogens is 376 g/mol. The van der Waals surface area contributed by atoms with Crippen LogP contribution in [0.25, 0.3) is 0 Å². The Balaban J connectivity index is 1.70. The van der Waals surface area contributed by atoms with Gasteiger partial charge in [-0.3, -0.25) is 4.79 Å². The molecule has 26 heavy (non-hydrogen) atoms. The van der Waals surface area contributed by atoms with Gasteiger partial charge in [-0.05, 0) is 35.4 Å². The van der Waals surface area contributed by atoms with Crippen LogP contribution in [0, 0.1) is 0 Å². The lowest BCUT2D eigenvalue weighted by Crippen LogP contribution is -2.37. The van der Waals surface area contributed by atoms with E-state index in [4.69, 9.17) is 16.3 Å². The standard InChI is InChI=1S/C18H19ClN2O4S/c1-21(2)26(23,24)17-6-4-3-5-12(17)11-20-18(22)16-10-13-9-14(19)7-8-15(13)25-16/h3-9,16H,10-11H2,1-2H3,(H,20,22)/t16-/m0/s1. The number of sulfonamides is 1. The minimum Gasteiger partial charge on any atom is -0.480 e. The molecule has 2 aromatic carbocycles. The fourth-order valence-corrected chi connectivity index (χ4v) is 4.07. The number of halogens is 1. The summed E-state index contributed by atoms with van der Waals surface area (Å²) in [7, 11) is -0.644. The van der Waals surface area contributed by atoms with Gasteiger partial charge in [-0.15, -0.1) is 0 Å². The predicted octanol–water partition coefficient (Wildman–Crippen LogP) is 2.21. The Morgan fingerprint density at radius 2 is 2.00 bits per heavy atom. The van der Waals surface area contributed by atoms with Crippen LogP contribution in [0.4, 0.5) is 0 Å². The Bertz CT molecular complexity index is 944. The third-order valence-electron chi connectivity index (χ3n) is 4.17.